The Bertz CT molecular complexity index is 426. The smallest absolute Gasteiger partial charge is 0.341 e. The number of nitrogens with two attached hydrogens (primary N) is 1. The standard InChI is InChI=1S/C13H21N3O2S/c1-4-18-13(17)11-5-10(14)7-16-12(11)15-6-9(2)8-19-3/h5,7,9H,4,6,8,14H2,1-3H3,(H,15,16). The number of anilines is 2. The van der Waals surface area contributed by atoms with Crippen molar-refractivity contribution in [1.82, 2.24) is 4.98 Å². The lowest BCUT2D eigenvalue weighted by atomic mass is 10.2. The van der Waals surface area contributed by atoms with Crippen LogP contribution in [0.1, 0.15) is 24.2 Å². The number of thioether (sulfide) groups is 1. The highest BCUT2D eigenvalue weighted by Gasteiger charge is 2.15. The van der Waals surface area contributed by atoms with Gasteiger partial charge in [-0.2, -0.15) is 11.8 Å². The Kier molecular flexibility index (Phi) is 6.49. The van der Waals surface area contributed by atoms with Crippen LogP contribution in [0.2, 0.25) is 0 Å². The summed E-state index contributed by atoms with van der Waals surface area (Å²) in [4.78, 5) is 16.0. The molecule has 5 nitrogen and oxygen atoms in total. The zero-order valence-corrected chi connectivity index (χ0v) is 12.4. The maximum Gasteiger partial charge on any atom is 0.341 e. The molecule has 0 radical (unpaired) electrons. The van der Waals surface area contributed by atoms with Gasteiger partial charge in [0.15, 0.2) is 0 Å². The molecule has 6 heteroatoms. The number of pyridine rings is 1. The van der Waals surface area contributed by atoms with Gasteiger partial charge in [-0.25, -0.2) is 9.78 Å². The fraction of sp³-hybridized carbons (Fsp3) is 0.538. The highest BCUT2D eigenvalue weighted by atomic mass is 32.2. The number of aromatic nitrogens is 1. The second-order valence-electron chi connectivity index (χ2n) is 4.33. The van der Waals surface area contributed by atoms with Gasteiger partial charge >= 0.3 is 5.97 Å². The summed E-state index contributed by atoms with van der Waals surface area (Å²) in [7, 11) is 0. The molecule has 0 spiro atoms. The van der Waals surface area contributed by atoms with Crippen molar-refractivity contribution in [2.75, 3.05) is 36.2 Å². The first-order valence-electron chi connectivity index (χ1n) is 6.23. The van der Waals surface area contributed by atoms with E-state index in [0.29, 0.717) is 29.6 Å². The van der Waals surface area contributed by atoms with Gasteiger partial charge in [-0.05, 0) is 30.9 Å². The molecule has 0 amide bonds. The third-order valence-electron chi connectivity index (χ3n) is 2.47. The fourth-order valence-electron chi connectivity index (χ4n) is 1.60. The molecule has 1 atom stereocenters. The third-order valence-corrected chi connectivity index (χ3v) is 3.38. The maximum atomic E-state index is 11.8. The average Bonchev–Trinajstić information content (AvgIpc) is 2.38. The molecular formula is C13H21N3O2S. The van der Waals surface area contributed by atoms with Crippen molar-refractivity contribution in [2.45, 2.75) is 13.8 Å². The lowest BCUT2D eigenvalue weighted by Gasteiger charge is -2.14. The predicted molar refractivity (Wildman–Crippen MR) is 80.6 cm³/mol. The van der Waals surface area contributed by atoms with Gasteiger partial charge in [0.2, 0.25) is 0 Å². The van der Waals surface area contributed by atoms with E-state index in [-0.39, 0.29) is 0 Å². The van der Waals surface area contributed by atoms with Gasteiger partial charge in [-0.1, -0.05) is 6.92 Å². The summed E-state index contributed by atoms with van der Waals surface area (Å²) in [6, 6.07) is 1.59. The van der Waals surface area contributed by atoms with Crippen molar-refractivity contribution in [2.24, 2.45) is 5.92 Å². The minimum atomic E-state index is -0.401. The summed E-state index contributed by atoms with van der Waals surface area (Å²) in [5.74, 6) is 1.67. The van der Waals surface area contributed by atoms with Crippen molar-refractivity contribution in [3.63, 3.8) is 0 Å². The number of nitrogens with zero attached hydrogens (tertiary/aromatic N) is 1. The predicted octanol–water partition coefficient (Wildman–Crippen LogP) is 2.25. The van der Waals surface area contributed by atoms with Crippen LogP contribution in [0.15, 0.2) is 12.3 Å². The number of nitrogen functional groups attached to an aromatic ring is 1. The molecular weight excluding hydrogens is 262 g/mol. The minimum Gasteiger partial charge on any atom is -0.462 e. The van der Waals surface area contributed by atoms with Gasteiger partial charge in [0.1, 0.15) is 11.4 Å². The second kappa shape index (κ2) is 7.89. The van der Waals surface area contributed by atoms with Gasteiger partial charge in [0.05, 0.1) is 18.5 Å². The summed E-state index contributed by atoms with van der Waals surface area (Å²) >= 11 is 1.79. The lowest BCUT2D eigenvalue weighted by molar-refractivity contribution is 0.0527. The van der Waals surface area contributed by atoms with Crippen LogP contribution < -0.4 is 11.1 Å². The number of hydrogen-bond acceptors (Lipinski definition) is 6. The summed E-state index contributed by atoms with van der Waals surface area (Å²) in [5.41, 5.74) is 6.50. The number of hydrogen-bond donors (Lipinski definition) is 2. The molecule has 1 aromatic heterocycles. The van der Waals surface area contributed by atoms with Gasteiger partial charge in [0.25, 0.3) is 0 Å². The van der Waals surface area contributed by atoms with Crippen molar-refractivity contribution in [3.05, 3.63) is 17.8 Å². The normalized spacial score (nSPS) is 11.9. The fourth-order valence-corrected chi connectivity index (χ4v) is 2.29. The zero-order valence-electron chi connectivity index (χ0n) is 11.6. The van der Waals surface area contributed by atoms with Crippen LogP contribution >= 0.6 is 11.8 Å². The minimum absolute atomic E-state index is 0.329. The second-order valence-corrected chi connectivity index (χ2v) is 5.24. The molecule has 1 rings (SSSR count). The van der Waals surface area contributed by atoms with Gasteiger partial charge in [0, 0.05) is 6.54 Å². The van der Waals surface area contributed by atoms with Crippen LogP contribution in [0.3, 0.4) is 0 Å². The molecule has 0 aliphatic rings. The van der Waals surface area contributed by atoms with E-state index in [1.54, 1.807) is 24.8 Å². The average molecular weight is 283 g/mol. The van der Waals surface area contributed by atoms with Gasteiger partial charge in [-0.15, -0.1) is 0 Å². The summed E-state index contributed by atoms with van der Waals surface area (Å²) in [5, 5.41) is 3.18. The monoisotopic (exact) mass is 283 g/mol. The van der Waals surface area contributed by atoms with Crippen LogP contribution in [0, 0.1) is 5.92 Å². The molecule has 0 saturated heterocycles. The molecule has 0 fully saturated rings. The molecule has 0 aliphatic carbocycles. The van der Waals surface area contributed by atoms with Gasteiger partial charge < -0.3 is 15.8 Å². The lowest BCUT2D eigenvalue weighted by Crippen LogP contribution is -2.17. The Morgan fingerprint density at radius 2 is 2.37 bits per heavy atom. The molecule has 3 N–H and O–H groups in total. The van der Waals surface area contributed by atoms with E-state index in [0.717, 1.165) is 12.3 Å². The Labute approximate surface area is 118 Å². The van der Waals surface area contributed by atoms with E-state index < -0.39 is 5.97 Å². The largest absolute Gasteiger partial charge is 0.462 e. The Morgan fingerprint density at radius 1 is 1.63 bits per heavy atom. The number of carbonyl (C=O) groups is 1. The first-order chi connectivity index (χ1) is 9.08. The van der Waals surface area contributed by atoms with Crippen molar-refractivity contribution >= 4 is 29.2 Å². The SMILES string of the molecule is CCOC(=O)c1cc(N)cnc1NCC(C)CSC. The van der Waals surface area contributed by atoms with Crippen LogP contribution in [0.5, 0.6) is 0 Å². The molecule has 0 aromatic carbocycles. The van der Waals surface area contributed by atoms with Crippen LogP contribution in [0.4, 0.5) is 11.5 Å². The summed E-state index contributed by atoms with van der Waals surface area (Å²) in [6.45, 7) is 5.00. The molecule has 0 aliphatic heterocycles. The van der Waals surface area contributed by atoms with E-state index in [1.807, 2.05) is 0 Å². The summed E-state index contributed by atoms with van der Waals surface area (Å²) < 4.78 is 5.00. The molecule has 106 valence electrons. The molecule has 1 unspecified atom stereocenters. The topological polar surface area (TPSA) is 77.2 Å². The number of carbonyl (C=O) groups excluding carboxylic acids is 1. The Hall–Kier alpha value is -1.43. The molecule has 0 bridgehead atoms. The first-order valence-corrected chi connectivity index (χ1v) is 7.63. The number of ether oxygens (including phenoxy) is 1. The number of rotatable bonds is 7. The van der Waals surface area contributed by atoms with E-state index >= 15 is 0 Å². The van der Waals surface area contributed by atoms with Crippen LogP contribution in [0.25, 0.3) is 0 Å². The third kappa shape index (κ3) is 4.98. The van der Waals surface area contributed by atoms with E-state index in [9.17, 15) is 4.79 Å². The number of esters is 1. The maximum absolute atomic E-state index is 11.8. The van der Waals surface area contributed by atoms with Crippen molar-refractivity contribution < 1.29 is 9.53 Å². The molecule has 0 saturated carbocycles. The van der Waals surface area contributed by atoms with E-state index in [2.05, 4.69) is 23.5 Å². The zero-order chi connectivity index (χ0) is 14.3. The van der Waals surface area contributed by atoms with Crippen molar-refractivity contribution in [3.8, 4) is 0 Å². The van der Waals surface area contributed by atoms with Crippen molar-refractivity contribution in [1.29, 1.82) is 0 Å². The van der Waals surface area contributed by atoms with E-state index in [1.165, 1.54) is 6.20 Å². The van der Waals surface area contributed by atoms with E-state index in [4.69, 9.17) is 10.5 Å². The number of nitrogens with one attached hydrogen (secondary N) is 1. The highest BCUT2D eigenvalue weighted by Crippen LogP contribution is 2.17. The van der Waals surface area contributed by atoms with Gasteiger partial charge in [-0.3, -0.25) is 0 Å². The Balaban J connectivity index is 2.79. The molecule has 1 heterocycles. The summed E-state index contributed by atoms with van der Waals surface area (Å²) in [6.07, 6.45) is 3.60. The van der Waals surface area contributed by atoms with Crippen LogP contribution in [-0.2, 0) is 4.74 Å². The molecule has 19 heavy (non-hydrogen) atoms. The molecule has 1 aromatic rings. The first kappa shape index (κ1) is 15.6. The highest BCUT2D eigenvalue weighted by molar-refractivity contribution is 7.98. The Morgan fingerprint density at radius 3 is 3.00 bits per heavy atom. The quantitative estimate of drug-likeness (QED) is 0.747. The van der Waals surface area contributed by atoms with Crippen LogP contribution in [-0.4, -0.2) is 36.1 Å².